The molecule has 0 saturated carbocycles. The Labute approximate surface area is 164 Å². The Morgan fingerprint density at radius 2 is 1.12 bits per heavy atom. The molecule has 0 heteroatoms. The van der Waals surface area contributed by atoms with Crippen LogP contribution in [0.25, 0.3) is 0 Å². The van der Waals surface area contributed by atoms with E-state index in [-0.39, 0.29) is 0 Å². The Kier molecular flexibility index (Phi) is 15.1. The van der Waals surface area contributed by atoms with E-state index in [9.17, 15) is 0 Å². The van der Waals surface area contributed by atoms with Gasteiger partial charge in [0.25, 0.3) is 0 Å². The summed E-state index contributed by atoms with van der Waals surface area (Å²) in [7, 11) is 0. The number of allylic oxidation sites excluding steroid dienone is 9. The summed E-state index contributed by atoms with van der Waals surface area (Å²) in [5.74, 6) is 0. The van der Waals surface area contributed by atoms with Gasteiger partial charge in [-0.15, -0.1) is 0 Å². The standard InChI is InChI=1S/C26H44/c1-8-23(5)15-12-20-26(9-2)21-13-19-25(7)18-11-17-24(6)16-10-14-22(3)4/h14,17,19-20H,5,8-13,15-16,18,21H2,1-4,6-7H3/b24-17+,25-19+,26-20+. The van der Waals surface area contributed by atoms with Gasteiger partial charge in [-0.1, -0.05) is 72.6 Å². The highest BCUT2D eigenvalue weighted by molar-refractivity contribution is 5.08. The van der Waals surface area contributed by atoms with Crippen LogP contribution in [-0.2, 0) is 0 Å². The van der Waals surface area contributed by atoms with Crippen molar-refractivity contribution in [3.8, 4) is 0 Å². The van der Waals surface area contributed by atoms with Crippen LogP contribution in [0.4, 0.5) is 0 Å². The van der Waals surface area contributed by atoms with Crippen molar-refractivity contribution in [2.24, 2.45) is 0 Å². The van der Waals surface area contributed by atoms with Gasteiger partial charge in [0.05, 0.1) is 0 Å². The molecule has 0 rings (SSSR count). The van der Waals surface area contributed by atoms with Crippen LogP contribution >= 0.6 is 0 Å². The molecule has 0 spiro atoms. The summed E-state index contributed by atoms with van der Waals surface area (Å²) in [5.41, 5.74) is 7.46. The van der Waals surface area contributed by atoms with Gasteiger partial charge in [-0.3, -0.25) is 0 Å². The molecular formula is C26H44. The van der Waals surface area contributed by atoms with Crippen LogP contribution in [-0.4, -0.2) is 0 Å². The van der Waals surface area contributed by atoms with Crippen LogP contribution in [0.3, 0.4) is 0 Å². The zero-order valence-electron chi connectivity index (χ0n) is 18.6. The first kappa shape index (κ1) is 24.7. The predicted octanol–water partition coefficient (Wildman–Crippen LogP) is 9.27. The Morgan fingerprint density at radius 3 is 1.62 bits per heavy atom. The maximum absolute atomic E-state index is 4.10. The summed E-state index contributed by atoms with van der Waals surface area (Å²) >= 11 is 0. The Balaban J connectivity index is 4.13. The SMILES string of the molecule is C=C(CC)CC/C=C(\CC)CC/C=C(\C)CC/C=C(\C)CCC=C(C)C. The van der Waals surface area contributed by atoms with Crippen LogP contribution in [0.5, 0.6) is 0 Å². The number of hydrogen-bond donors (Lipinski definition) is 0. The summed E-state index contributed by atoms with van der Waals surface area (Å²) in [5, 5.41) is 0. The molecule has 0 fully saturated rings. The summed E-state index contributed by atoms with van der Waals surface area (Å²) in [6.07, 6.45) is 21.4. The van der Waals surface area contributed by atoms with Gasteiger partial charge >= 0.3 is 0 Å². The van der Waals surface area contributed by atoms with E-state index in [2.05, 4.69) is 72.4 Å². The summed E-state index contributed by atoms with van der Waals surface area (Å²) in [4.78, 5) is 0. The van der Waals surface area contributed by atoms with E-state index in [1.807, 2.05) is 0 Å². The van der Waals surface area contributed by atoms with Crippen LogP contribution in [0, 0.1) is 0 Å². The molecular weight excluding hydrogens is 312 g/mol. The van der Waals surface area contributed by atoms with E-state index in [1.165, 1.54) is 67.2 Å². The molecule has 0 aliphatic rings. The Bertz CT molecular complexity index is 504. The second-order valence-corrected chi connectivity index (χ2v) is 7.86. The molecule has 0 aliphatic heterocycles. The topological polar surface area (TPSA) is 0 Å². The van der Waals surface area contributed by atoms with Crippen molar-refractivity contribution in [1.82, 2.24) is 0 Å². The zero-order valence-corrected chi connectivity index (χ0v) is 18.6. The molecule has 0 nitrogen and oxygen atoms in total. The normalized spacial score (nSPS) is 13.1. The van der Waals surface area contributed by atoms with Gasteiger partial charge in [-0.2, -0.15) is 0 Å². The summed E-state index contributed by atoms with van der Waals surface area (Å²) in [6, 6.07) is 0. The van der Waals surface area contributed by atoms with Crippen LogP contribution in [0.15, 0.2) is 58.7 Å². The molecule has 0 unspecified atom stereocenters. The molecule has 0 aliphatic carbocycles. The van der Waals surface area contributed by atoms with Gasteiger partial charge in [0.2, 0.25) is 0 Å². The molecule has 0 atom stereocenters. The quantitative estimate of drug-likeness (QED) is 0.272. The average molecular weight is 357 g/mol. The zero-order chi connectivity index (χ0) is 19.8. The van der Waals surface area contributed by atoms with E-state index in [1.54, 1.807) is 5.57 Å². The van der Waals surface area contributed by atoms with Crippen molar-refractivity contribution in [2.45, 2.75) is 106 Å². The van der Waals surface area contributed by atoms with Gasteiger partial charge in [-0.25, -0.2) is 0 Å². The first-order valence-corrected chi connectivity index (χ1v) is 10.7. The van der Waals surface area contributed by atoms with Crippen molar-refractivity contribution >= 4 is 0 Å². The molecule has 0 radical (unpaired) electrons. The third-order valence-electron chi connectivity index (χ3n) is 4.97. The van der Waals surface area contributed by atoms with Gasteiger partial charge in [0.15, 0.2) is 0 Å². The molecule has 148 valence electrons. The fourth-order valence-electron chi connectivity index (χ4n) is 2.92. The second kappa shape index (κ2) is 15.9. The summed E-state index contributed by atoms with van der Waals surface area (Å²) < 4.78 is 0. The highest BCUT2D eigenvalue weighted by Gasteiger charge is 1.96. The van der Waals surface area contributed by atoms with Crippen molar-refractivity contribution in [3.05, 3.63) is 58.7 Å². The molecule has 0 heterocycles. The lowest BCUT2D eigenvalue weighted by molar-refractivity contribution is 0.851. The fraction of sp³-hybridized carbons (Fsp3) is 0.615. The predicted molar refractivity (Wildman–Crippen MR) is 122 cm³/mol. The van der Waals surface area contributed by atoms with E-state index in [0.29, 0.717) is 0 Å². The third kappa shape index (κ3) is 15.0. The molecule has 26 heavy (non-hydrogen) atoms. The fourth-order valence-corrected chi connectivity index (χ4v) is 2.92. The van der Waals surface area contributed by atoms with Gasteiger partial charge in [0.1, 0.15) is 0 Å². The molecule has 0 N–H and O–H groups in total. The van der Waals surface area contributed by atoms with Crippen LogP contribution < -0.4 is 0 Å². The number of hydrogen-bond acceptors (Lipinski definition) is 0. The molecule has 0 aromatic heterocycles. The monoisotopic (exact) mass is 356 g/mol. The highest BCUT2D eigenvalue weighted by atomic mass is 14.0. The minimum Gasteiger partial charge on any atom is -0.0999 e. The molecule has 0 saturated heterocycles. The molecule has 0 aromatic rings. The van der Waals surface area contributed by atoms with E-state index in [0.717, 1.165) is 19.3 Å². The molecule has 0 amide bonds. The Morgan fingerprint density at radius 1 is 0.615 bits per heavy atom. The minimum atomic E-state index is 1.11. The van der Waals surface area contributed by atoms with Crippen molar-refractivity contribution < 1.29 is 0 Å². The first-order valence-electron chi connectivity index (χ1n) is 10.7. The summed E-state index contributed by atoms with van der Waals surface area (Å²) in [6.45, 7) is 17.5. The van der Waals surface area contributed by atoms with Crippen molar-refractivity contribution in [2.75, 3.05) is 0 Å². The highest BCUT2D eigenvalue weighted by Crippen LogP contribution is 2.17. The van der Waals surface area contributed by atoms with Crippen molar-refractivity contribution in [3.63, 3.8) is 0 Å². The Hall–Kier alpha value is -1.30. The lowest BCUT2D eigenvalue weighted by Gasteiger charge is -2.05. The second-order valence-electron chi connectivity index (χ2n) is 7.86. The first-order chi connectivity index (χ1) is 12.4. The van der Waals surface area contributed by atoms with Crippen molar-refractivity contribution in [1.29, 1.82) is 0 Å². The van der Waals surface area contributed by atoms with Gasteiger partial charge in [-0.05, 0) is 91.9 Å². The van der Waals surface area contributed by atoms with Crippen LogP contribution in [0.1, 0.15) is 106 Å². The van der Waals surface area contributed by atoms with Crippen LogP contribution in [0.2, 0.25) is 0 Å². The average Bonchev–Trinajstić information content (AvgIpc) is 2.59. The molecule has 0 bridgehead atoms. The van der Waals surface area contributed by atoms with E-state index >= 15 is 0 Å². The lowest BCUT2D eigenvalue weighted by Crippen LogP contribution is -1.85. The molecule has 0 aromatic carbocycles. The van der Waals surface area contributed by atoms with E-state index in [4.69, 9.17) is 0 Å². The minimum absolute atomic E-state index is 1.11. The van der Waals surface area contributed by atoms with Gasteiger partial charge in [0, 0.05) is 0 Å². The maximum Gasteiger partial charge on any atom is -0.0286 e. The smallest absolute Gasteiger partial charge is 0.0286 e. The van der Waals surface area contributed by atoms with E-state index < -0.39 is 0 Å². The largest absolute Gasteiger partial charge is 0.0999 e. The maximum atomic E-state index is 4.10. The number of rotatable bonds is 14. The third-order valence-corrected chi connectivity index (χ3v) is 4.97. The van der Waals surface area contributed by atoms with Gasteiger partial charge < -0.3 is 0 Å². The lowest BCUT2D eigenvalue weighted by atomic mass is 10.0.